The molecule has 0 radical (unpaired) electrons. The maximum atomic E-state index is 11.5. The van der Waals surface area contributed by atoms with Crippen LogP contribution in [0.5, 0.6) is 0 Å². The Morgan fingerprint density at radius 2 is 1.92 bits per heavy atom. The molecule has 1 atom stereocenters. The number of rotatable bonds is 4. The van der Waals surface area contributed by atoms with Gasteiger partial charge in [0.1, 0.15) is 0 Å². The van der Waals surface area contributed by atoms with Gasteiger partial charge in [0.2, 0.25) is 10.0 Å². The zero-order valence-electron chi connectivity index (χ0n) is 13.5. The van der Waals surface area contributed by atoms with Crippen LogP contribution in [0.2, 0.25) is 0 Å². The molecule has 2 aromatic carbocycles. The number of nitrogens with one attached hydrogen (secondary N) is 1. The number of aromatic nitrogens is 1. The minimum atomic E-state index is -3.71. The second-order valence-electron chi connectivity index (χ2n) is 5.86. The first-order valence-corrected chi connectivity index (χ1v) is 9.14. The van der Waals surface area contributed by atoms with Crippen molar-refractivity contribution in [3.8, 4) is 0 Å². The molecule has 3 N–H and O–H groups in total. The van der Waals surface area contributed by atoms with Crippen molar-refractivity contribution in [2.75, 3.05) is 5.32 Å². The number of hydrogen-bond acceptors (Lipinski definition) is 4. The fourth-order valence-electron chi connectivity index (χ4n) is 2.66. The molecule has 0 fully saturated rings. The number of nitrogens with two attached hydrogens (primary N) is 1. The molecule has 0 saturated heterocycles. The highest BCUT2D eigenvalue weighted by atomic mass is 32.2. The lowest BCUT2D eigenvalue weighted by Crippen LogP contribution is -2.13. The maximum absolute atomic E-state index is 11.5. The summed E-state index contributed by atoms with van der Waals surface area (Å²) in [6.07, 6.45) is 1.76. The zero-order chi connectivity index (χ0) is 17.3. The summed E-state index contributed by atoms with van der Waals surface area (Å²) in [5, 5.41) is 9.68. The summed E-state index contributed by atoms with van der Waals surface area (Å²) in [7, 11) is -3.71. The van der Waals surface area contributed by atoms with Gasteiger partial charge in [-0.3, -0.25) is 4.98 Å². The Morgan fingerprint density at radius 1 is 1.12 bits per heavy atom. The number of hydrogen-bond donors (Lipinski definition) is 2. The lowest BCUT2D eigenvalue weighted by Gasteiger charge is -2.18. The zero-order valence-corrected chi connectivity index (χ0v) is 14.3. The first-order valence-electron chi connectivity index (χ1n) is 7.59. The smallest absolute Gasteiger partial charge is 0.238 e. The van der Waals surface area contributed by atoms with Gasteiger partial charge in [-0.2, -0.15) is 0 Å². The summed E-state index contributed by atoms with van der Waals surface area (Å²) in [5.41, 5.74) is 3.87. The Bertz CT molecular complexity index is 1000. The van der Waals surface area contributed by atoms with Crippen molar-refractivity contribution in [2.45, 2.75) is 24.8 Å². The third kappa shape index (κ3) is 3.39. The standard InChI is InChI=1S/C18H19N3O2S/c1-12-6-7-17-16(10-12)18(8-9-20-17)21-13(2)14-4-3-5-15(11-14)24(19,22)23/h3-11,13H,1-2H3,(H,20,21)(H2,19,22,23). The Balaban J connectivity index is 1.96. The Kier molecular flexibility index (Phi) is 4.26. The molecule has 0 aliphatic carbocycles. The molecule has 24 heavy (non-hydrogen) atoms. The van der Waals surface area contributed by atoms with E-state index in [0.29, 0.717) is 0 Å². The second kappa shape index (κ2) is 6.22. The van der Waals surface area contributed by atoms with Crippen molar-refractivity contribution < 1.29 is 8.42 Å². The maximum Gasteiger partial charge on any atom is 0.238 e. The van der Waals surface area contributed by atoms with Gasteiger partial charge in [-0.05, 0) is 49.7 Å². The molecule has 0 aliphatic rings. The highest BCUT2D eigenvalue weighted by Crippen LogP contribution is 2.27. The SMILES string of the molecule is Cc1ccc2nccc(NC(C)c3cccc(S(N)(=O)=O)c3)c2c1. The Morgan fingerprint density at radius 3 is 2.67 bits per heavy atom. The molecule has 0 saturated carbocycles. The molecule has 3 aromatic rings. The third-order valence-electron chi connectivity index (χ3n) is 3.96. The Labute approximate surface area is 141 Å². The van der Waals surface area contributed by atoms with E-state index in [4.69, 9.17) is 5.14 Å². The van der Waals surface area contributed by atoms with E-state index in [0.717, 1.165) is 27.7 Å². The molecule has 1 aromatic heterocycles. The molecular weight excluding hydrogens is 322 g/mol. The van der Waals surface area contributed by atoms with Crippen LogP contribution in [0.1, 0.15) is 24.1 Å². The number of nitrogens with zero attached hydrogens (tertiary/aromatic N) is 1. The molecule has 0 aliphatic heterocycles. The topological polar surface area (TPSA) is 85.1 Å². The van der Waals surface area contributed by atoms with Crippen molar-refractivity contribution in [3.63, 3.8) is 0 Å². The largest absolute Gasteiger partial charge is 0.378 e. The average molecular weight is 341 g/mol. The molecule has 3 rings (SSSR count). The molecule has 5 nitrogen and oxygen atoms in total. The minimum Gasteiger partial charge on any atom is -0.378 e. The summed E-state index contributed by atoms with van der Waals surface area (Å²) < 4.78 is 23.1. The van der Waals surface area contributed by atoms with Crippen LogP contribution in [-0.2, 0) is 10.0 Å². The normalized spacial score (nSPS) is 13.0. The van der Waals surface area contributed by atoms with Gasteiger partial charge in [0.15, 0.2) is 0 Å². The number of aryl methyl sites for hydroxylation is 1. The average Bonchev–Trinajstić information content (AvgIpc) is 2.55. The quantitative estimate of drug-likeness (QED) is 0.762. The third-order valence-corrected chi connectivity index (χ3v) is 4.87. The van der Waals surface area contributed by atoms with Gasteiger partial charge in [0.05, 0.1) is 10.4 Å². The van der Waals surface area contributed by atoms with Crippen molar-refractivity contribution in [2.24, 2.45) is 5.14 Å². The fraction of sp³-hybridized carbons (Fsp3) is 0.167. The van der Waals surface area contributed by atoms with Gasteiger partial charge in [0, 0.05) is 23.3 Å². The summed E-state index contributed by atoms with van der Waals surface area (Å²) in [6, 6.07) is 14.6. The number of sulfonamides is 1. The first kappa shape index (κ1) is 16.4. The molecule has 1 heterocycles. The van der Waals surface area contributed by atoms with Crippen LogP contribution in [0.3, 0.4) is 0 Å². The Hall–Kier alpha value is -2.44. The summed E-state index contributed by atoms with van der Waals surface area (Å²) in [6.45, 7) is 4.01. The summed E-state index contributed by atoms with van der Waals surface area (Å²) in [5.74, 6) is 0. The van der Waals surface area contributed by atoms with Crippen LogP contribution in [0.15, 0.2) is 59.6 Å². The van der Waals surface area contributed by atoms with E-state index in [2.05, 4.69) is 16.4 Å². The lowest BCUT2D eigenvalue weighted by atomic mass is 10.1. The van der Waals surface area contributed by atoms with E-state index in [1.54, 1.807) is 18.3 Å². The molecule has 6 heteroatoms. The molecule has 0 amide bonds. The molecule has 0 bridgehead atoms. The highest BCUT2D eigenvalue weighted by molar-refractivity contribution is 7.89. The number of anilines is 1. The fourth-order valence-corrected chi connectivity index (χ4v) is 3.23. The molecular formula is C18H19N3O2S. The number of benzene rings is 2. The number of primary sulfonamides is 1. The van der Waals surface area contributed by atoms with Gasteiger partial charge in [-0.15, -0.1) is 0 Å². The first-order chi connectivity index (χ1) is 11.3. The van der Waals surface area contributed by atoms with E-state index in [1.807, 2.05) is 38.1 Å². The van der Waals surface area contributed by atoms with Crippen LogP contribution in [-0.4, -0.2) is 13.4 Å². The highest BCUT2D eigenvalue weighted by Gasteiger charge is 2.12. The van der Waals surface area contributed by atoms with Crippen LogP contribution >= 0.6 is 0 Å². The number of fused-ring (bicyclic) bond motifs is 1. The van der Waals surface area contributed by atoms with Crippen molar-refractivity contribution in [3.05, 3.63) is 65.9 Å². The van der Waals surface area contributed by atoms with E-state index in [9.17, 15) is 8.42 Å². The lowest BCUT2D eigenvalue weighted by molar-refractivity contribution is 0.597. The van der Waals surface area contributed by atoms with E-state index < -0.39 is 10.0 Å². The van der Waals surface area contributed by atoms with Gasteiger partial charge in [-0.25, -0.2) is 13.6 Å². The van der Waals surface area contributed by atoms with Gasteiger partial charge in [-0.1, -0.05) is 23.8 Å². The van der Waals surface area contributed by atoms with Crippen LogP contribution in [0.25, 0.3) is 10.9 Å². The van der Waals surface area contributed by atoms with E-state index in [-0.39, 0.29) is 10.9 Å². The summed E-state index contributed by atoms with van der Waals surface area (Å²) >= 11 is 0. The van der Waals surface area contributed by atoms with Crippen molar-refractivity contribution >= 4 is 26.6 Å². The van der Waals surface area contributed by atoms with Crippen LogP contribution < -0.4 is 10.5 Å². The van der Waals surface area contributed by atoms with Gasteiger partial charge >= 0.3 is 0 Å². The minimum absolute atomic E-state index is 0.0854. The molecule has 124 valence electrons. The summed E-state index contributed by atoms with van der Waals surface area (Å²) in [4.78, 5) is 4.49. The second-order valence-corrected chi connectivity index (χ2v) is 7.42. The molecule has 1 unspecified atom stereocenters. The monoisotopic (exact) mass is 341 g/mol. The number of pyridine rings is 1. The van der Waals surface area contributed by atoms with Crippen molar-refractivity contribution in [1.82, 2.24) is 4.98 Å². The van der Waals surface area contributed by atoms with Gasteiger partial charge < -0.3 is 5.32 Å². The van der Waals surface area contributed by atoms with Crippen LogP contribution in [0, 0.1) is 6.92 Å². The predicted molar refractivity (Wildman–Crippen MR) is 96.3 cm³/mol. The predicted octanol–water partition coefficient (Wildman–Crippen LogP) is 3.36. The van der Waals surface area contributed by atoms with E-state index in [1.165, 1.54) is 6.07 Å². The van der Waals surface area contributed by atoms with Crippen LogP contribution in [0.4, 0.5) is 5.69 Å². The van der Waals surface area contributed by atoms with Gasteiger partial charge in [0.25, 0.3) is 0 Å². The molecule has 0 spiro atoms. The van der Waals surface area contributed by atoms with E-state index >= 15 is 0 Å². The van der Waals surface area contributed by atoms with Crippen molar-refractivity contribution in [1.29, 1.82) is 0 Å².